The van der Waals surface area contributed by atoms with E-state index in [-0.39, 0.29) is 0 Å². The highest BCUT2D eigenvalue weighted by Crippen LogP contribution is 2.35. The normalized spacial score (nSPS) is 24.9. The number of carbonyl (C=O) groups is 3. The monoisotopic (exact) mass is 271 g/mol. The molecule has 7 nitrogen and oxygen atoms in total. The van der Waals surface area contributed by atoms with E-state index in [1.807, 2.05) is 12.2 Å². The molecule has 0 radical (unpaired) electrons. The van der Waals surface area contributed by atoms with Crippen LogP contribution in [0.25, 0.3) is 0 Å². The number of hydrogen-bond donors (Lipinski definition) is 3. The number of likely N-dealkylation sites (tertiary alicyclic amines) is 1. The Morgan fingerprint density at radius 3 is 2.58 bits per heavy atom. The number of imide groups is 1. The lowest BCUT2D eigenvalue weighted by Gasteiger charge is -2.37. The number of carboxylic acids is 1. The molecular formula is C12H21N3O4. The molecule has 2 atom stereocenters. The largest absolute Gasteiger partial charge is 0.480 e. The number of nitrogens with zero attached hydrogens (tertiary/aromatic N) is 1. The second-order valence-electron chi connectivity index (χ2n) is 4.91. The topological polar surface area (TPSA) is 113 Å². The van der Waals surface area contributed by atoms with Crippen molar-refractivity contribution < 1.29 is 19.5 Å². The highest BCUT2D eigenvalue weighted by molar-refractivity contribution is 5.96. The molecule has 0 aromatic heterocycles. The zero-order valence-corrected chi connectivity index (χ0v) is 11.3. The van der Waals surface area contributed by atoms with Gasteiger partial charge in [-0.1, -0.05) is 13.3 Å². The minimum Gasteiger partial charge on any atom is -0.480 e. The smallest absolute Gasteiger partial charge is 0.324 e. The number of rotatable bonds is 5. The second-order valence-corrected chi connectivity index (χ2v) is 4.91. The van der Waals surface area contributed by atoms with Crippen molar-refractivity contribution in [3.8, 4) is 0 Å². The molecule has 1 aliphatic heterocycles. The number of amides is 3. The molecule has 1 saturated heterocycles. The Morgan fingerprint density at radius 1 is 1.47 bits per heavy atom. The third-order valence-corrected chi connectivity index (χ3v) is 3.69. The van der Waals surface area contributed by atoms with E-state index in [2.05, 4.69) is 0 Å². The zero-order chi connectivity index (χ0) is 14.6. The van der Waals surface area contributed by atoms with E-state index in [4.69, 9.17) is 5.73 Å². The first-order chi connectivity index (χ1) is 8.85. The van der Waals surface area contributed by atoms with Crippen LogP contribution in [-0.2, 0) is 9.59 Å². The molecule has 0 aliphatic carbocycles. The summed E-state index contributed by atoms with van der Waals surface area (Å²) in [5, 5.41) is 11.5. The fourth-order valence-electron chi connectivity index (χ4n) is 2.85. The molecule has 1 rings (SSSR count). The summed E-state index contributed by atoms with van der Waals surface area (Å²) in [5.74, 6) is -1.47. The molecule has 0 aromatic rings. The van der Waals surface area contributed by atoms with Crippen LogP contribution in [0, 0.1) is 0 Å². The van der Waals surface area contributed by atoms with Gasteiger partial charge in [0.15, 0.2) is 0 Å². The van der Waals surface area contributed by atoms with Crippen LogP contribution in [0.3, 0.4) is 0 Å². The Balaban J connectivity index is 2.93. The molecule has 19 heavy (non-hydrogen) atoms. The van der Waals surface area contributed by atoms with Gasteiger partial charge in [0, 0.05) is 6.54 Å². The fraction of sp³-hybridized carbons (Fsp3) is 0.750. The average Bonchev–Trinajstić information content (AvgIpc) is 2.72. The van der Waals surface area contributed by atoms with E-state index in [0.717, 1.165) is 6.42 Å². The number of nitrogens with one attached hydrogen (secondary N) is 1. The van der Waals surface area contributed by atoms with Gasteiger partial charge in [-0.05, 0) is 26.2 Å². The molecular weight excluding hydrogens is 250 g/mol. The summed E-state index contributed by atoms with van der Waals surface area (Å²) in [7, 11) is 0. The van der Waals surface area contributed by atoms with E-state index in [9.17, 15) is 19.5 Å². The number of hydrogen-bond acceptors (Lipinski definition) is 4. The van der Waals surface area contributed by atoms with Crippen LogP contribution in [0.4, 0.5) is 4.79 Å². The third-order valence-electron chi connectivity index (χ3n) is 3.69. The van der Waals surface area contributed by atoms with Crippen molar-refractivity contribution >= 4 is 17.9 Å². The summed E-state index contributed by atoms with van der Waals surface area (Å²) in [5.41, 5.74) is 3.90. The summed E-state index contributed by atoms with van der Waals surface area (Å²) in [6.45, 7) is 4.03. The summed E-state index contributed by atoms with van der Waals surface area (Å²) in [6, 6.07) is -1.62. The second kappa shape index (κ2) is 6.01. The van der Waals surface area contributed by atoms with Crippen LogP contribution in [0.5, 0.6) is 0 Å². The van der Waals surface area contributed by atoms with Gasteiger partial charge >= 0.3 is 12.0 Å². The number of carbonyl (C=O) groups excluding carboxylic acids is 2. The van der Waals surface area contributed by atoms with Gasteiger partial charge < -0.3 is 10.8 Å². The number of urea groups is 1. The van der Waals surface area contributed by atoms with E-state index in [1.54, 1.807) is 11.8 Å². The Bertz CT molecular complexity index is 385. The number of carboxylic acid groups (broad SMARTS) is 1. The maximum absolute atomic E-state index is 11.8. The molecule has 0 aromatic carbocycles. The Morgan fingerprint density at radius 2 is 2.11 bits per heavy atom. The van der Waals surface area contributed by atoms with Crippen LogP contribution in [0.15, 0.2) is 0 Å². The first-order valence-corrected chi connectivity index (χ1v) is 6.45. The van der Waals surface area contributed by atoms with E-state index < -0.39 is 29.5 Å². The van der Waals surface area contributed by atoms with Gasteiger partial charge in [-0.25, -0.2) is 4.79 Å². The quantitative estimate of drug-likeness (QED) is 0.665. The third kappa shape index (κ3) is 3.04. The minimum absolute atomic E-state index is 0.483. The van der Waals surface area contributed by atoms with Gasteiger partial charge in [0.05, 0.1) is 6.04 Å². The van der Waals surface area contributed by atoms with E-state index in [0.29, 0.717) is 25.8 Å². The Kier molecular flexibility index (Phi) is 4.88. The van der Waals surface area contributed by atoms with Crippen molar-refractivity contribution in [1.29, 1.82) is 0 Å². The molecule has 1 heterocycles. The summed E-state index contributed by atoms with van der Waals surface area (Å²) >= 11 is 0. The molecule has 2 unspecified atom stereocenters. The van der Waals surface area contributed by atoms with Crippen molar-refractivity contribution in [3.63, 3.8) is 0 Å². The van der Waals surface area contributed by atoms with Gasteiger partial charge in [-0.3, -0.25) is 19.8 Å². The summed E-state index contributed by atoms with van der Waals surface area (Å²) in [6.07, 6.45) is 2.44. The summed E-state index contributed by atoms with van der Waals surface area (Å²) in [4.78, 5) is 35.8. The summed E-state index contributed by atoms with van der Waals surface area (Å²) < 4.78 is 0. The molecule has 1 aliphatic rings. The molecule has 0 saturated carbocycles. The van der Waals surface area contributed by atoms with Crippen LogP contribution in [0.1, 0.15) is 39.5 Å². The van der Waals surface area contributed by atoms with Gasteiger partial charge in [-0.15, -0.1) is 0 Å². The zero-order valence-electron chi connectivity index (χ0n) is 11.3. The first-order valence-electron chi connectivity index (χ1n) is 6.45. The Labute approximate surface area is 112 Å². The lowest BCUT2D eigenvalue weighted by molar-refractivity contribution is -0.152. The molecule has 108 valence electrons. The fourth-order valence-corrected chi connectivity index (χ4v) is 2.85. The lowest BCUT2D eigenvalue weighted by Crippen LogP contribution is -2.58. The van der Waals surface area contributed by atoms with Gasteiger partial charge in [-0.2, -0.15) is 0 Å². The number of aliphatic carboxylic acids is 1. The van der Waals surface area contributed by atoms with Crippen LogP contribution < -0.4 is 11.1 Å². The lowest BCUT2D eigenvalue weighted by atomic mass is 9.89. The predicted octanol–water partition coefficient (Wildman–Crippen LogP) is 0.289. The van der Waals surface area contributed by atoms with Crippen molar-refractivity contribution in [2.24, 2.45) is 5.73 Å². The molecule has 1 fully saturated rings. The molecule has 3 amide bonds. The maximum atomic E-state index is 11.8. The predicted molar refractivity (Wildman–Crippen MR) is 68.4 cm³/mol. The molecule has 7 heteroatoms. The van der Waals surface area contributed by atoms with E-state index >= 15 is 0 Å². The standard InChI is InChI=1S/C12H21N3O4/c1-3-5-12(10(17)18)6-4-7-15(12)8(2)9(16)14-11(13)19/h8H,3-7H2,1-2H3,(H,17,18)(H3,13,14,16,19). The SMILES string of the molecule is CCCC1(C(=O)O)CCCN1C(C)C(=O)NC(N)=O. The van der Waals surface area contributed by atoms with Gasteiger partial charge in [0.2, 0.25) is 5.91 Å². The van der Waals surface area contributed by atoms with Crippen molar-refractivity contribution in [2.45, 2.75) is 51.1 Å². The molecule has 4 N–H and O–H groups in total. The molecule has 0 bridgehead atoms. The Hall–Kier alpha value is -1.63. The number of primary amides is 1. The van der Waals surface area contributed by atoms with Crippen LogP contribution in [-0.4, -0.2) is 46.0 Å². The van der Waals surface area contributed by atoms with Crippen molar-refractivity contribution in [1.82, 2.24) is 10.2 Å². The highest BCUT2D eigenvalue weighted by atomic mass is 16.4. The van der Waals surface area contributed by atoms with Gasteiger partial charge in [0.25, 0.3) is 0 Å². The first kappa shape index (κ1) is 15.4. The van der Waals surface area contributed by atoms with Crippen LogP contribution in [0.2, 0.25) is 0 Å². The van der Waals surface area contributed by atoms with Gasteiger partial charge in [0.1, 0.15) is 5.54 Å². The maximum Gasteiger partial charge on any atom is 0.324 e. The van der Waals surface area contributed by atoms with Crippen molar-refractivity contribution in [2.75, 3.05) is 6.54 Å². The van der Waals surface area contributed by atoms with E-state index in [1.165, 1.54) is 0 Å². The highest BCUT2D eigenvalue weighted by Gasteiger charge is 2.49. The van der Waals surface area contributed by atoms with Crippen LogP contribution >= 0.6 is 0 Å². The van der Waals surface area contributed by atoms with Crippen molar-refractivity contribution in [3.05, 3.63) is 0 Å². The number of nitrogens with two attached hydrogens (primary N) is 1. The molecule has 0 spiro atoms. The average molecular weight is 271 g/mol. The minimum atomic E-state index is -1.01.